The van der Waals surface area contributed by atoms with Crippen molar-refractivity contribution in [2.75, 3.05) is 12.4 Å². The Hall–Kier alpha value is -3.02. The summed E-state index contributed by atoms with van der Waals surface area (Å²) < 4.78 is 29.7. The monoisotopic (exact) mass is 488 g/mol. The molecular formula is C22H20N2O7S2. The van der Waals surface area contributed by atoms with E-state index in [-0.39, 0.29) is 41.2 Å². The number of imide groups is 2. The fourth-order valence-electron chi connectivity index (χ4n) is 3.67. The maximum absolute atomic E-state index is 13.1. The normalized spacial score (nSPS) is 18.5. The van der Waals surface area contributed by atoms with Gasteiger partial charge >= 0.3 is 0 Å². The lowest BCUT2D eigenvalue weighted by Gasteiger charge is -2.27. The van der Waals surface area contributed by atoms with Crippen molar-refractivity contribution < 1.29 is 31.8 Å². The highest BCUT2D eigenvalue weighted by atomic mass is 32.2. The summed E-state index contributed by atoms with van der Waals surface area (Å²) in [5, 5.41) is 2.16. The summed E-state index contributed by atoms with van der Waals surface area (Å²) in [6.07, 6.45) is 0.113. The average molecular weight is 489 g/mol. The number of thioether (sulfide) groups is 1. The van der Waals surface area contributed by atoms with E-state index in [1.807, 2.05) is 6.92 Å². The van der Waals surface area contributed by atoms with E-state index in [1.54, 1.807) is 24.3 Å². The van der Waals surface area contributed by atoms with Crippen LogP contribution in [0.5, 0.6) is 0 Å². The van der Waals surface area contributed by atoms with E-state index in [0.29, 0.717) is 4.90 Å². The minimum absolute atomic E-state index is 0.0399. The predicted molar refractivity (Wildman–Crippen MR) is 118 cm³/mol. The molecule has 0 spiro atoms. The molecule has 1 saturated heterocycles. The molecular weight excluding hydrogens is 468 g/mol. The summed E-state index contributed by atoms with van der Waals surface area (Å²) >= 11 is 1.18. The Balaban J connectivity index is 1.44. The predicted octanol–water partition coefficient (Wildman–Crippen LogP) is 1.89. The van der Waals surface area contributed by atoms with Gasteiger partial charge < -0.3 is 0 Å². The molecule has 2 aromatic rings. The lowest BCUT2D eigenvalue weighted by molar-refractivity contribution is -0.136. The molecule has 33 heavy (non-hydrogen) atoms. The van der Waals surface area contributed by atoms with Crippen molar-refractivity contribution in [3.8, 4) is 0 Å². The Kier molecular flexibility index (Phi) is 6.37. The second kappa shape index (κ2) is 9.08. The van der Waals surface area contributed by atoms with Crippen LogP contribution in [0.25, 0.3) is 0 Å². The summed E-state index contributed by atoms with van der Waals surface area (Å²) in [4.78, 5) is 51.0. The highest BCUT2D eigenvalue weighted by Gasteiger charge is 2.45. The lowest BCUT2D eigenvalue weighted by Crippen LogP contribution is -2.54. The van der Waals surface area contributed by atoms with Crippen LogP contribution >= 0.6 is 11.8 Å². The van der Waals surface area contributed by atoms with Crippen LogP contribution in [0.2, 0.25) is 0 Å². The third-order valence-corrected chi connectivity index (χ3v) is 7.67. The summed E-state index contributed by atoms with van der Waals surface area (Å²) in [7, 11) is -3.91. The molecule has 2 aliphatic rings. The van der Waals surface area contributed by atoms with Crippen molar-refractivity contribution in [3.63, 3.8) is 0 Å². The molecule has 0 aliphatic carbocycles. The van der Waals surface area contributed by atoms with Gasteiger partial charge in [-0.2, -0.15) is 8.42 Å². The van der Waals surface area contributed by atoms with Gasteiger partial charge in [-0.15, -0.1) is 11.8 Å². The van der Waals surface area contributed by atoms with Crippen LogP contribution in [-0.2, 0) is 23.9 Å². The minimum Gasteiger partial charge on any atom is -0.295 e. The molecule has 172 valence electrons. The van der Waals surface area contributed by atoms with Crippen molar-refractivity contribution in [3.05, 3.63) is 59.2 Å². The number of carbonyl (C=O) groups is 4. The van der Waals surface area contributed by atoms with Gasteiger partial charge in [0.2, 0.25) is 11.8 Å². The summed E-state index contributed by atoms with van der Waals surface area (Å²) in [6, 6.07) is 10.0. The number of hydrogen-bond acceptors (Lipinski definition) is 8. The smallest absolute Gasteiger partial charge is 0.295 e. The zero-order valence-electron chi connectivity index (χ0n) is 17.6. The number of carbonyl (C=O) groups excluding carboxylic acids is 4. The molecule has 2 heterocycles. The molecule has 4 amide bonds. The molecule has 1 unspecified atom stereocenters. The van der Waals surface area contributed by atoms with Crippen LogP contribution in [0, 0.1) is 6.92 Å². The third kappa shape index (κ3) is 4.56. The first-order chi connectivity index (χ1) is 15.7. The zero-order chi connectivity index (χ0) is 23.8. The van der Waals surface area contributed by atoms with Crippen molar-refractivity contribution in [2.24, 2.45) is 0 Å². The highest BCUT2D eigenvalue weighted by Crippen LogP contribution is 2.34. The van der Waals surface area contributed by atoms with Crippen molar-refractivity contribution >= 4 is 45.5 Å². The molecule has 0 saturated carbocycles. The second-order valence-electron chi connectivity index (χ2n) is 7.56. The summed E-state index contributed by atoms with van der Waals surface area (Å²) in [5.74, 6) is -2.11. The van der Waals surface area contributed by atoms with Gasteiger partial charge in [-0.25, -0.2) is 0 Å². The summed E-state index contributed by atoms with van der Waals surface area (Å²) in [5.41, 5.74) is 1.26. The van der Waals surface area contributed by atoms with Gasteiger partial charge in [-0.05, 0) is 37.6 Å². The maximum atomic E-state index is 13.1. The average Bonchev–Trinajstić information content (AvgIpc) is 3.03. The first-order valence-electron chi connectivity index (χ1n) is 10.1. The van der Waals surface area contributed by atoms with E-state index in [1.165, 1.54) is 30.0 Å². The Morgan fingerprint density at radius 2 is 1.79 bits per heavy atom. The van der Waals surface area contributed by atoms with Gasteiger partial charge in [0.15, 0.2) is 0 Å². The van der Waals surface area contributed by atoms with E-state index < -0.39 is 39.8 Å². The number of aryl methyl sites for hydroxylation is 1. The fraction of sp³-hybridized carbons (Fsp3) is 0.273. The van der Waals surface area contributed by atoms with Crippen LogP contribution < -0.4 is 5.32 Å². The molecule has 9 nitrogen and oxygen atoms in total. The summed E-state index contributed by atoms with van der Waals surface area (Å²) in [6.45, 7) is 1.71. The number of nitrogens with zero attached hydrogens (tertiary/aromatic N) is 1. The second-order valence-corrected chi connectivity index (χ2v) is 10.3. The van der Waals surface area contributed by atoms with Crippen molar-refractivity contribution in [2.45, 2.75) is 35.6 Å². The largest absolute Gasteiger partial charge is 0.296 e. The molecule has 1 fully saturated rings. The van der Waals surface area contributed by atoms with E-state index in [9.17, 15) is 27.6 Å². The fourth-order valence-corrected chi connectivity index (χ4v) is 5.59. The van der Waals surface area contributed by atoms with Crippen LogP contribution in [-0.4, -0.2) is 55.3 Å². The van der Waals surface area contributed by atoms with Crippen molar-refractivity contribution in [1.82, 2.24) is 10.2 Å². The number of hydrogen-bond donors (Lipinski definition) is 1. The van der Waals surface area contributed by atoms with Gasteiger partial charge in [0.1, 0.15) is 6.04 Å². The Morgan fingerprint density at radius 3 is 2.48 bits per heavy atom. The SMILES string of the molecule is Cc1ccc(S(=O)(=O)OCCSc2cccc3c2C(=O)N(C2CCC(=O)NC2=O)C3=O)cc1. The molecule has 11 heteroatoms. The third-order valence-electron chi connectivity index (χ3n) is 5.32. The number of amides is 4. The quantitative estimate of drug-likeness (QED) is 0.271. The zero-order valence-corrected chi connectivity index (χ0v) is 19.2. The van der Waals surface area contributed by atoms with Crippen LogP contribution in [0.15, 0.2) is 52.3 Å². The Bertz CT molecular complexity index is 1260. The van der Waals surface area contributed by atoms with Gasteiger partial charge in [-0.3, -0.25) is 33.6 Å². The Labute approximate surface area is 194 Å². The number of rotatable bonds is 7. The molecule has 1 atom stereocenters. The van der Waals surface area contributed by atoms with Crippen LogP contribution in [0.3, 0.4) is 0 Å². The maximum Gasteiger partial charge on any atom is 0.296 e. The molecule has 4 rings (SSSR count). The number of nitrogens with one attached hydrogen (secondary N) is 1. The molecule has 0 bridgehead atoms. The van der Waals surface area contributed by atoms with Gasteiger partial charge in [-0.1, -0.05) is 23.8 Å². The van der Waals surface area contributed by atoms with Crippen LogP contribution in [0.4, 0.5) is 0 Å². The number of fused-ring (bicyclic) bond motifs is 1. The lowest BCUT2D eigenvalue weighted by atomic mass is 10.0. The van der Waals surface area contributed by atoms with E-state index >= 15 is 0 Å². The van der Waals surface area contributed by atoms with Gasteiger partial charge in [0.25, 0.3) is 21.9 Å². The molecule has 1 N–H and O–H groups in total. The highest BCUT2D eigenvalue weighted by molar-refractivity contribution is 7.99. The molecule has 2 aliphatic heterocycles. The first-order valence-corrected chi connectivity index (χ1v) is 12.5. The number of piperidine rings is 1. The topological polar surface area (TPSA) is 127 Å². The van der Waals surface area contributed by atoms with Gasteiger partial charge in [0.05, 0.1) is 22.6 Å². The Morgan fingerprint density at radius 1 is 1.06 bits per heavy atom. The van der Waals surface area contributed by atoms with Crippen LogP contribution in [0.1, 0.15) is 39.1 Å². The van der Waals surface area contributed by atoms with E-state index in [4.69, 9.17) is 4.18 Å². The molecule has 2 aromatic carbocycles. The standard InChI is InChI=1S/C22H20N2O7S2/c1-13-5-7-14(8-6-13)33(29,30)31-11-12-32-17-4-2-3-15-19(17)22(28)24(21(15)27)16-9-10-18(25)23-20(16)26/h2-8,16H,9-12H2,1H3,(H,23,25,26). The van der Waals surface area contributed by atoms with E-state index in [2.05, 4.69) is 5.32 Å². The minimum atomic E-state index is -3.91. The molecule has 0 aromatic heterocycles. The van der Waals surface area contributed by atoms with E-state index in [0.717, 1.165) is 10.5 Å². The number of benzene rings is 2. The van der Waals surface area contributed by atoms with Crippen molar-refractivity contribution in [1.29, 1.82) is 0 Å². The van der Waals surface area contributed by atoms with Gasteiger partial charge in [0, 0.05) is 17.1 Å². The first kappa shape index (κ1) is 23.1. The molecule has 0 radical (unpaired) electrons.